The number of ether oxygens (including phenoxy) is 1. The van der Waals surface area contributed by atoms with Gasteiger partial charge in [-0.3, -0.25) is 0 Å². The molecule has 0 atom stereocenters. The quantitative estimate of drug-likeness (QED) is 0.202. The molecule has 0 aliphatic rings. The van der Waals surface area contributed by atoms with Gasteiger partial charge in [0.25, 0.3) is 0 Å². The molecule has 2 nitrogen and oxygen atoms in total. The highest BCUT2D eigenvalue weighted by molar-refractivity contribution is 7.99. The topological polar surface area (TPSA) is 35.2 Å². The number of unbranched alkanes of at least 4 members (excludes halogenated alkanes) is 4. The van der Waals surface area contributed by atoms with Crippen LogP contribution in [0, 0.1) is 0 Å². The Morgan fingerprint density at radius 3 is 2.23 bits per heavy atom. The summed E-state index contributed by atoms with van der Waals surface area (Å²) in [6, 6.07) is 0. The maximum Gasteiger partial charge on any atom is 0.159 e. The van der Waals surface area contributed by atoms with Gasteiger partial charge in [0.1, 0.15) is 5.02 Å². The molecule has 0 fully saturated rings. The van der Waals surface area contributed by atoms with Gasteiger partial charge in [-0.2, -0.15) is 0 Å². The van der Waals surface area contributed by atoms with E-state index < -0.39 is 0 Å². The summed E-state index contributed by atoms with van der Waals surface area (Å²) in [6.45, 7) is 4.88. The molecule has 0 spiro atoms. The van der Waals surface area contributed by atoms with Gasteiger partial charge in [0, 0.05) is 0 Å². The summed E-state index contributed by atoms with van der Waals surface area (Å²) < 4.78 is 5.79. The molecule has 0 bridgehead atoms. The first-order valence-electron chi connectivity index (χ1n) is 7.76. The second-order valence-corrected chi connectivity index (χ2v) is 7.36. The summed E-state index contributed by atoms with van der Waals surface area (Å²) in [5.74, 6) is 1.37. The molecule has 126 valence electrons. The molecule has 0 aliphatic heterocycles. The molecule has 22 heavy (non-hydrogen) atoms. The third-order valence-corrected chi connectivity index (χ3v) is 5.86. The fourth-order valence-corrected chi connectivity index (χ4v) is 3.82. The van der Waals surface area contributed by atoms with Crippen LogP contribution in [0.2, 0.25) is 15.1 Å². The van der Waals surface area contributed by atoms with Gasteiger partial charge < -0.3 is 10.5 Å². The molecule has 1 aromatic rings. The van der Waals surface area contributed by atoms with Crippen molar-refractivity contribution in [3.63, 3.8) is 0 Å². The van der Waals surface area contributed by atoms with Gasteiger partial charge in [-0.15, -0.1) is 11.8 Å². The van der Waals surface area contributed by atoms with Gasteiger partial charge in [0.05, 0.1) is 27.2 Å². The Morgan fingerprint density at radius 2 is 1.59 bits per heavy atom. The molecule has 0 amide bonds. The standard InChI is InChI=1S/C16H24Cl3NOS/c1-3-5-6-7-8-9-21-15-12(18)11(17)14(20)16(13(15)19)22-10-4-2/h3-10,20H2,1-2H3. The second kappa shape index (κ2) is 10.7. The van der Waals surface area contributed by atoms with E-state index in [0.717, 1.165) is 29.9 Å². The fraction of sp³-hybridized carbons (Fsp3) is 0.625. The van der Waals surface area contributed by atoms with E-state index >= 15 is 0 Å². The van der Waals surface area contributed by atoms with E-state index in [1.54, 1.807) is 11.8 Å². The average Bonchev–Trinajstić information content (AvgIpc) is 2.51. The summed E-state index contributed by atoms with van der Waals surface area (Å²) >= 11 is 20.5. The predicted molar refractivity (Wildman–Crippen MR) is 101 cm³/mol. The molecule has 1 aromatic carbocycles. The fourth-order valence-electron chi connectivity index (χ4n) is 1.99. The number of nitrogens with two attached hydrogens (primary N) is 1. The van der Waals surface area contributed by atoms with Crippen LogP contribution < -0.4 is 10.5 Å². The van der Waals surface area contributed by atoms with Gasteiger partial charge in [-0.25, -0.2) is 0 Å². The van der Waals surface area contributed by atoms with Crippen molar-refractivity contribution < 1.29 is 4.74 Å². The Morgan fingerprint density at radius 1 is 0.909 bits per heavy atom. The zero-order valence-electron chi connectivity index (χ0n) is 13.2. The van der Waals surface area contributed by atoms with Crippen LogP contribution in [0.4, 0.5) is 5.69 Å². The maximum atomic E-state index is 6.42. The van der Waals surface area contributed by atoms with Crippen LogP contribution in [0.3, 0.4) is 0 Å². The first-order chi connectivity index (χ1) is 10.5. The Balaban J connectivity index is 2.78. The second-order valence-electron chi connectivity index (χ2n) is 5.13. The molecule has 0 radical (unpaired) electrons. The molecule has 0 heterocycles. The Bertz CT molecular complexity index is 483. The molecule has 6 heteroatoms. The van der Waals surface area contributed by atoms with Crippen molar-refractivity contribution in [2.75, 3.05) is 18.1 Å². The van der Waals surface area contributed by atoms with Crippen molar-refractivity contribution in [3.8, 4) is 5.75 Å². The average molecular weight is 385 g/mol. The maximum absolute atomic E-state index is 6.42. The molecule has 1 rings (SSSR count). The third kappa shape index (κ3) is 5.59. The minimum Gasteiger partial charge on any atom is -0.490 e. The molecular formula is C16H24Cl3NOS. The van der Waals surface area contributed by atoms with Crippen molar-refractivity contribution in [1.29, 1.82) is 0 Å². The van der Waals surface area contributed by atoms with E-state index in [9.17, 15) is 0 Å². The SMILES string of the molecule is CCCCCCCOc1c(Cl)c(Cl)c(N)c(SCCC)c1Cl. The predicted octanol–water partition coefficient (Wildman–Crippen LogP) is 7.08. The number of halogens is 3. The van der Waals surface area contributed by atoms with Crippen LogP contribution in [0.15, 0.2) is 4.90 Å². The highest BCUT2D eigenvalue weighted by Gasteiger charge is 2.21. The number of thioether (sulfide) groups is 1. The lowest BCUT2D eigenvalue weighted by Crippen LogP contribution is -2.02. The van der Waals surface area contributed by atoms with Gasteiger partial charge in [-0.1, -0.05) is 74.3 Å². The van der Waals surface area contributed by atoms with Crippen LogP contribution >= 0.6 is 46.6 Å². The number of anilines is 1. The van der Waals surface area contributed by atoms with Crippen LogP contribution in [-0.4, -0.2) is 12.4 Å². The molecule has 0 saturated heterocycles. The Labute approximate surface area is 153 Å². The van der Waals surface area contributed by atoms with Crippen molar-refractivity contribution in [3.05, 3.63) is 15.1 Å². The third-order valence-electron chi connectivity index (χ3n) is 3.22. The Hall–Kier alpha value is 0.0400. The Kier molecular flexibility index (Phi) is 9.81. The number of nitrogen functional groups attached to an aromatic ring is 1. The number of hydrogen-bond donors (Lipinski definition) is 1. The largest absolute Gasteiger partial charge is 0.490 e. The first kappa shape index (κ1) is 20.1. The molecule has 0 aliphatic carbocycles. The van der Waals surface area contributed by atoms with E-state index in [4.69, 9.17) is 45.3 Å². The highest BCUT2D eigenvalue weighted by Crippen LogP contribution is 2.49. The zero-order chi connectivity index (χ0) is 16.5. The monoisotopic (exact) mass is 383 g/mol. The summed E-state index contributed by atoms with van der Waals surface area (Å²) in [5.41, 5.74) is 6.46. The first-order valence-corrected chi connectivity index (χ1v) is 9.87. The van der Waals surface area contributed by atoms with Crippen LogP contribution in [0.5, 0.6) is 5.75 Å². The molecular weight excluding hydrogens is 361 g/mol. The zero-order valence-corrected chi connectivity index (χ0v) is 16.3. The van der Waals surface area contributed by atoms with E-state index in [-0.39, 0.29) is 0 Å². The van der Waals surface area contributed by atoms with E-state index in [2.05, 4.69) is 13.8 Å². The van der Waals surface area contributed by atoms with E-state index in [1.807, 2.05) is 0 Å². The lowest BCUT2D eigenvalue weighted by Gasteiger charge is -2.16. The smallest absolute Gasteiger partial charge is 0.159 e. The molecule has 2 N–H and O–H groups in total. The van der Waals surface area contributed by atoms with Gasteiger partial charge in [-0.05, 0) is 18.6 Å². The highest BCUT2D eigenvalue weighted by atomic mass is 35.5. The van der Waals surface area contributed by atoms with Gasteiger partial charge in [0.2, 0.25) is 0 Å². The summed E-state index contributed by atoms with van der Waals surface area (Å²) in [7, 11) is 0. The van der Waals surface area contributed by atoms with Crippen molar-refractivity contribution in [2.45, 2.75) is 57.3 Å². The summed E-state index contributed by atoms with van der Waals surface area (Å²) in [4.78, 5) is 0.763. The number of hydrogen-bond acceptors (Lipinski definition) is 3. The van der Waals surface area contributed by atoms with Crippen LogP contribution in [0.25, 0.3) is 0 Å². The lowest BCUT2D eigenvalue weighted by molar-refractivity contribution is 0.304. The van der Waals surface area contributed by atoms with Crippen molar-refractivity contribution in [2.24, 2.45) is 0 Å². The minimum absolute atomic E-state index is 0.304. The van der Waals surface area contributed by atoms with Crippen LogP contribution in [-0.2, 0) is 0 Å². The minimum atomic E-state index is 0.304. The number of benzene rings is 1. The van der Waals surface area contributed by atoms with E-state index in [0.29, 0.717) is 33.1 Å². The van der Waals surface area contributed by atoms with Gasteiger partial charge >= 0.3 is 0 Å². The lowest BCUT2D eigenvalue weighted by atomic mass is 10.2. The van der Waals surface area contributed by atoms with Crippen molar-refractivity contribution >= 4 is 52.3 Å². The molecule has 0 aromatic heterocycles. The van der Waals surface area contributed by atoms with Crippen LogP contribution in [0.1, 0.15) is 52.4 Å². The van der Waals surface area contributed by atoms with Gasteiger partial charge in [0.15, 0.2) is 5.75 Å². The van der Waals surface area contributed by atoms with Crippen molar-refractivity contribution in [1.82, 2.24) is 0 Å². The summed E-state index contributed by atoms with van der Waals surface area (Å²) in [6.07, 6.45) is 6.85. The summed E-state index contributed by atoms with van der Waals surface area (Å²) in [5, 5.41) is 1.10. The normalized spacial score (nSPS) is 11.0. The molecule has 0 saturated carbocycles. The molecule has 0 unspecified atom stereocenters. The van der Waals surface area contributed by atoms with E-state index in [1.165, 1.54) is 19.3 Å². The number of rotatable bonds is 10.